The Hall–Kier alpha value is -0.0800. The summed E-state index contributed by atoms with van der Waals surface area (Å²) in [5.41, 5.74) is 0.452. The minimum Gasteiger partial charge on any atom is -0.314 e. The summed E-state index contributed by atoms with van der Waals surface area (Å²) >= 11 is 0. The highest BCUT2D eigenvalue weighted by Crippen LogP contribution is 2.22. The zero-order valence-electron chi connectivity index (χ0n) is 12.0. The lowest BCUT2D eigenvalue weighted by Crippen LogP contribution is -2.51. The van der Waals surface area contributed by atoms with E-state index in [2.05, 4.69) is 51.9 Å². The molecule has 0 aromatic heterocycles. The van der Waals surface area contributed by atoms with Crippen LogP contribution in [0.25, 0.3) is 0 Å². The third-order valence-corrected chi connectivity index (χ3v) is 3.89. The van der Waals surface area contributed by atoms with Gasteiger partial charge in [0.05, 0.1) is 0 Å². The summed E-state index contributed by atoms with van der Waals surface area (Å²) in [5.74, 6) is 0.779. The van der Waals surface area contributed by atoms with E-state index in [1.54, 1.807) is 0 Å². The van der Waals surface area contributed by atoms with E-state index in [-0.39, 0.29) is 0 Å². The van der Waals surface area contributed by atoms with Gasteiger partial charge in [0.2, 0.25) is 0 Å². The van der Waals surface area contributed by atoms with Gasteiger partial charge in [-0.15, -0.1) is 0 Å². The van der Waals surface area contributed by atoms with Gasteiger partial charge in [0.15, 0.2) is 0 Å². The fraction of sp³-hybridized carbons (Fsp3) is 1.00. The average molecular weight is 226 g/mol. The van der Waals surface area contributed by atoms with E-state index in [9.17, 15) is 0 Å². The number of nitrogens with zero attached hydrogens (tertiary/aromatic N) is 1. The summed E-state index contributed by atoms with van der Waals surface area (Å²) in [6, 6.07) is 1.44. The van der Waals surface area contributed by atoms with Crippen molar-refractivity contribution < 1.29 is 0 Å². The molecular weight excluding hydrogens is 196 g/mol. The minimum absolute atomic E-state index is 0.452. The minimum atomic E-state index is 0.452. The van der Waals surface area contributed by atoms with Crippen LogP contribution in [0, 0.1) is 11.3 Å². The first-order chi connectivity index (χ1) is 7.29. The fourth-order valence-electron chi connectivity index (χ4n) is 2.46. The number of rotatable bonds is 3. The molecule has 3 atom stereocenters. The van der Waals surface area contributed by atoms with E-state index in [0.29, 0.717) is 11.5 Å². The SMILES string of the molecule is CC1CN(C)C(C)CC1NCCC(C)(C)C. The summed E-state index contributed by atoms with van der Waals surface area (Å²) in [6.07, 6.45) is 2.56. The van der Waals surface area contributed by atoms with Crippen LogP contribution in [0.15, 0.2) is 0 Å². The van der Waals surface area contributed by atoms with Crippen molar-refractivity contribution in [2.45, 2.75) is 59.5 Å². The smallest absolute Gasteiger partial charge is 0.0120 e. The van der Waals surface area contributed by atoms with Crippen LogP contribution in [0.3, 0.4) is 0 Å². The standard InChI is InChI=1S/C14H30N2/c1-11-10-16(6)12(2)9-13(11)15-8-7-14(3,4)5/h11-13,15H,7-10H2,1-6H3. The first-order valence-electron chi connectivity index (χ1n) is 6.73. The van der Waals surface area contributed by atoms with Gasteiger partial charge in [-0.1, -0.05) is 27.7 Å². The van der Waals surface area contributed by atoms with Crippen molar-refractivity contribution in [2.75, 3.05) is 20.1 Å². The summed E-state index contributed by atoms with van der Waals surface area (Å²) in [6.45, 7) is 14.0. The van der Waals surface area contributed by atoms with E-state index in [4.69, 9.17) is 0 Å². The van der Waals surface area contributed by atoms with Gasteiger partial charge in [-0.05, 0) is 44.7 Å². The Bertz CT molecular complexity index is 207. The molecule has 1 heterocycles. The highest BCUT2D eigenvalue weighted by atomic mass is 15.2. The molecule has 0 saturated carbocycles. The number of nitrogens with one attached hydrogen (secondary N) is 1. The second-order valence-electron chi connectivity index (χ2n) is 6.87. The Morgan fingerprint density at radius 2 is 1.88 bits per heavy atom. The van der Waals surface area contributed by atoms with E-state index in [1.807, 2.05) is 0 Å². The highest BCUT2D eigenvalue weighted by Gasteiger charge is 2.28. The van der Waals surface area contributed by atoms with Gasteiger partial charge in [0, 0.05) is 18.6 Å². The van der Waals surface area contributed by atoms with Crippen molar-refractivity contribution in [3.63, 3.8) is 0 Å². The van der Waals surface area contributed by atoms with Crippen LogP contribution in [0.2, 0.25) is 0 Å². The van der Waals surface area contributed by atoms with Crippen LogP contribution in [0.5, 0.6) is 0 Å². The van der Waals surface area contributed by atoms with Gasteiger partial charge in [0.1, 0.15) is 0 Å². The van der Waals surface area contributed by atoms with Gasteiger partial charge in [0.25, 0.3) is 0 Å². The summed E-state index contributed by atoms with van der Waals surface area (Å²) < 4.78 is 0. The number of piperidine rings is 1. The molecule has 96 valence electrons. The second kappa shape index (κ2) is 5.50. The first kappa shape index (κ1) is 14.0. The highest BCUT2D eigenvalue weighted by molar-refractivity contribution is 4.86. The van der Waals surface area contributed by atoms with Crippen LogP contribution in [-0.2, 0) is 0 Å². The third-order valence-electron chi connectivity index (χ3n) is 3.89. The Kier molecular flexibility index (Phi) is 4.81. The summed E-state index contributed by atoms with van der Waals surface area (Å²) in [4.78, 5) is 2.48. The average Bonchev–Trinajstić information content (AvgIpc) is 2.11. The maximum atomic E-state index is 3.75. The Labute approximate surface area is 102 Å². The van der Waals surface area contributed by atoms with Crippen molar-refractivity contribution in [3.05, 3.63) is 0 Å². The summed E-state index contributed by atoms with van der Waals surface area (Å²) in [7, 11) is 2.24. The van der Waals surface area contributed by atoms with Crippen LogP contribution in [0.4, 0.5) is 0 Å². The number of hydrogen-bond acceptors (Lipinski definition) is 2. The van der Waals surface area contributed by atoms with Crippen molar-refractivity contribution in [3.8, 4) is 0 Å². The molecule has 1 aliphatic rings. The Morgan fingerprint density at radius 1 is 1.25 bits per heavy atom. The first-order valence-corrected chi connectivity index (χ1v) is 6.73. The Balaban J connectivity index is 2.31. The fourth-order valence-corrected chi connectivity index (χ4v) is 2.46. The third kappa shape index (κ3) is 4.42. The number of likely N-dealkylation sites (tertiary alicyclic amines) is 1. The molecule has 1 aliphatic heterocycles. The molecule has 2 nitrogen and oxygen atoms in total. The zero-order chi connectivity index (χ0) is 12.3. The maximum Gasteiger partial charge on any atom is 0.0120 e. The molecular formula is C14H30N2. The van der Waals surface area contributed by atoms with Crippen LogP contribution in [-0.4, -0.2) is 37.1 Å². The van der Waals surface area contributed by atoms with Crippen LogP contribution >= 0.6 is 0 Å². The topological polar surface area (TPSA) is 15.3 Å². The molecule has 0 radical (unpaired) electrons. The van der Waals surface area contributed by atoms with Crippen molar-refractivity contribution >= 4 is 0 Å². The molecule has 0 aliphatic carbocycles. The van der Waals surface area contributed by atoms with Gasteiger partial charge < -0.3 is 10.2 Å². The normalized spacial score (nSPS) is 33.0. The van der Waals surface area contributed by atoms with Gasteiger partial charge >= 0.3 is 0 Å². The molecule has 1 N–H and O–H groups in total. The molecule has 3 unspecified atom stereocenters. The molecule has 0 aromatic rings. The number of hydrogen-bond donors (Lipinski definition) is 1. The lowest BCUT2D eigenvalue weighted by Gasteiger charge is -2.40. The van der Waals surface area contributed by atoms with E-state index >= 15 is 0 Å². The molecule has 1 saturated heterocycles. The predicted octanol–water partition coefficient (Wildman–Crippen LogP) is 2.74. The molecule has 16 heavy (non-hydrogen) atoms. The molecule has 2 heteroatoms. The monoisotopic (exact) mass is 226 g/mol. The molecule has 0 aromatic carbocycles. The zero-order valence-corrected chi connectivity index (χ0v) is 12.0. The lowest BCUT2D eigenvalue weighted by atomic mass is 9.88. The van der Waals surface area contributed by atoms with Gasteiger partial charge in [-0.3, -0.25) is 0 Å². The van der Waals surface area contributed by atoms with Gasteiger partial charge in [-0.25, -0.2) is 0 Å². The van der Waals surface area contributed by atoms with Crippen molar-refractivity contribution in [1.29, 1.82) is 0 Å². The molecule has 1 fully saturated rings. The van der Waals surface area contributed by atoms with Crippen molar-refractivity contribution in [2.24, 2.45) is 11.3 Å². The van der Waals surface area contributed by atoms with E-state index < -0.39 is 0 Å². The molecule has 0 bridgehead atoms. The predicted molar refractivity (Wildman–Crippen MR) is 71.7 cm³/mol. The van der Waals surface area contributed by atoms with Crippen molar-refractivity contribution in [1.82, 2.24) is 10.2 Å². The van der Waals surface area contributed by atoms with Gasteiger partial charge in [-0.2, -0.15) is 0 Å². The lowest BCUT2D eigenvalue weighted by molar-refractivity contribution is 0.120. The Morgan fingerprint density at radius 3 is 2.44 bits per heavy atom. The van der Waals surface area contributed by atoms with Crippen LogP contribution < -0.4 is 5.32 Å². The largest absolute Gasteiger partial charge is 0.314 e. The van der Waals surface area contributed by atoms with Crippen LogP contribution in [0.1, 0.15) is 47.5 Å². The molecule has 0 amide bonds. The summed E-state index contributed by atoms with van der Waals surface area (Å²) in [5, 5.41) is 3.75. The molecule has 1 rings (SSSR count). The second-order valence-corrected chi connectivity index (χ2v) is 6.87. The molecule has 0 spiro atoms. The van der Waals surface area contributed by atoms with E-state index in [0.717, 1.165) is 18.5 Å². The van der Waals surface area contributed by atoms with E-state index in [1.165, 1.54) is 19.4 Å². The quantitative estimate of drug-likeness (QED) is 0.796. The maximum absolute atomic E-state index is 3.75.